The normalized spacial score (nSPS) is 29.0. The second-order valence-electron chi connectivity index (χ2n) is 9.32. The van der Waals surface area contributed by atoms with Crippen molar-refractivity contribution < 1.29 is 18.7 Å². The van der Waals surface area contributed by atoms with E-state index in [1.54, 1.807) is 6.07 Å². The van der Waals surface area contributed by atoms with Gasteiger partial charge < -0.3 is 14.8 Å². The topological polar surface area (TPSA) is 50.8 Å². The summed E-state index contributed by atoms with van der Waals surface area (Å²) in [6.07, 6.45) is 1.68. The number of nitrogens with one attached hydrogen (secondary N) is 1. The van der Waals surface area contributed by atoms with E-state index in [1.807, 2.05) is 30.7 Å². The molecular weight excluding hydrogens is 403 g/mol. The van der Waals surface area contributed by atoms with Gasteiger partial charge in [-0.15, -0.1) is 0 Å². The lowest BCUT2D eigenvalue weighted by Crippen LogP contribution is -2.53. The number of piperidine rings is 3. The predicted molar refractivity (Wildman–Crippen MR) is 114 cm³/mol. The minimum Gasteiger partial charge on any atom is -0.493 e. The van der Waals surface area contributed by atoms with Crippen LogP contribution in [0.15, 0.2) is 29.0 Å². The van der Waals surface area contributed by atoms with E-state index < -0.39 is 11.5 Å². The van der Waals surface area contributed by atoms with Crippen molar-refractivity contribution in [2.75, 3.05) is 26.2 Å². The number of alkyl carbamates (subject to hydrolysis) is 1. The summed E-state index contributed by atoms with van der Waals surface area (Å²) in [4.78, 5) is 15.2. The number of ether oxygens (including phenoxy) is 2. The second-order valence-corrected chi connectivity index (χ2v) is 10.1. The third kappa shape index (κ3) is 3.58. The average Bonchev–Trinajstić information content (AvgIpc) is 3.25. The van der Waals surface area contributed by atoms with Crippen LogP contribution in [-0.4, -0.2) is 43.3 Å². The van der Waals surface area contributed by atoms with Crippen LogP contribution in [0.4, 0.5) is 9.18 Å². The molecule has 0 aliphatic carbocycles. The van der Waals surface area contributed by atoms with Gasteiger partial charge in [0.25, 0.3) is 0 Å². The fourth-order valence-electron chi connectivity index (χ4n) is 4.93. The molecule has 30 heavy (non-hydrogen) atoms. The molecule has 5 nitrogen and oxygen atoms in total. The van der Waals surface area contributed by atoms with Crippen LogP contribution in [0, 0.1) is 17.2 Å². The molecule has 0 spiro atoms. The highest BCUT2D eigenvalue weighted by Crippen LogP contribution is 2.45. The van der Waals surface area contributed by atoms with E-state index in [9.17, 15) is 9.18 Å². The van der Waals surface area contributed by atoms with Crippen LogP contribution < -0.4 is 10.1 Å². The van der Waals surface area contributed by atoms with Crippen LogP contribution >= 0.6 is 11.3 Å². The van der Waals surface area contributed by atoms with Gasteiger partial charge in [-0.2, -0.15) is 11.3 Å². The van der Waals surface area contributed by atoms with Crippen LogP contribution in [-0.2, 0) is 4.74 Å². The van der Waals surface area contributed by atoms with Crippen molar-refractivity contribution in [2.45, 2.75) is 38.8 Å². The molecule has 1 N–H and O–H groups in total. The molecule has 2 bridgehead atoms. The second kappa shape index (κ2) is 7.54. The first-order chi connectivity index (χ1) is 14.4. The average molecular weight is 431 g/mol. The Balaban J connectivity index is 1.38. The van der Waals surface area contributed by atoms with Gasteiger partial charge in [-0.05, 0) is 66.4 Å². The maximum Gasteiger partial charge on any atom is 0.407 e. The predicted octanol–water partition coefficient (Wildman–Crippen LogP) is 4.83. The van der Waals surface area contributed by atoms with Crippen molar-refractivity contribution in [1.82, 2.24) is 10.2 Å². The third-order valence-electron chi connectivity index (χ3n) is 6.74. The van der Waals surface area contributed by atoms with E-state index in [4.69, 9.17) is 9.47 Å². The van der Waals surface area contributed by atoms with Crippen molar-refractivity contribution in [2.24, 2.45) is 11.3 Å². The number of benzene rings is 1. The van der Waals surface area contributed by atoms with Crippen LogP contribution in [0.2, 0.25) is 0 Å². The quantitative estimate of drug-likeness (QED) is 0.758. The largest absolute Gasteiger partial charge is 0.493 e. The highest BCUT2D eigenvalue weighted by molar-refractivity contribution is 7.08. The Labute approximate surface area is 180 Å². The Morgan fingerprint density at radius 3 is 2.80 bits per heavy atom. The number of carbonyl (C=O) groups excluding carboxylic acids is 1. The summed E-state index contributed by atoms with van der Waals surface area (Å²) in [7, 11) is 0. The number of rotatable bonds is 3. The van der Waals surface area contributed by atoms with E-state index in [2.05, 4.69) is 10.2 Å². The Hall–Kier alpha value is -2.12. The van der Waals surface area contributed by atoms with Gasteiger partial charge >= 0.3 is 6.09 Å². The number of amides is 1. The molecule has 160 valence electrons. The van der Waals surface area contributed by atoms with E-state index in [1.165, 1.54) is 17.4 Å². The number of hydrogen-bond donors (Lipinski definition) is 1. The van der Waals surface area contributed by atoms with Gasteiger partial charge in [0.15, 0.2) is 0 Å². The smallest absolute Gasteiger partial charge is 0.407 e. The molecule has 4 aliphatic heterocycles. The number of hydrogen-bond acceptors (Lipinski definition) is 5. The van der Waals surface area contributed by atoms with Crippen molar-refractivity contribution in [3.05, 3.63) is 40.3 Å². The summed E-state index contributed by atoms with van der Waals surface area (Å²) < 4.78 is 26.8. The molecule has 2 atom stereocenters. The Bertz CT molecular complexity index is 938. The minimum atomic E-state index is -0.429. The zero-order valence-corrected chi connectivity index (χ0v) is 18.1. The van der Waals surface area contributed by atoms with Gasteiger partial charge in [0.05, 0.1) is 12.6 Å². The van der Waals surface area contributed by atoms with E-state index in [0.29, 0.717) is 29.4 Å². The number of fused-ring (bicyclic) bond motifs is 4. The van der Waals surface area contributed by atoms with Crippen molar-refractivity contribution in [3.8, 4) is 16.9 Å². The summed E-state index contributed by atoms with van der Waals surface area (Å²) in [5.74, 6) is 0.748. The van der Waals surface area contributed by atoms with Crippen LogP contribution in [0.1, 0.15) is 38.3 Å². The Morgan fingerprint density at radius 1 is 1.33 bits per heavy atom. The van der Waals surface area contributed by atoms with E-state index >= 15 is 0 Å². The fraction of sp³-hybridized carbons (Fsp3) is 0.522. The first-order valence-corrected chi connectivity index (χ1v) is 11.5. The molecule has 5 heterocycles. The summed E-state index contributed by atoms with van der Waals surface area (Å²) >= 11 is 1.53. The van der Waals surface area contributed by atoms with E-state index in [-0.39, 0.29) is 18.0 Å². The fourth-order valence-corrected chi connectivity index (χ4v) is 5.59. The number of halogens is 1. The maximum absolute atomic E-state index is 15.0. The third-order valence-corrected chi connectivity index (χ3v) is 7.42. The van der Waals surface area contributed by atoms with Gasteiger partial charge in [0.2, 0.25) is 0 Å². The van der Waals surface area contributed by atoms with Gasteiger partial charge in [0, 0.05) is 23.1 Å². The molecule has 1 unspecified atom stereocenters. The van der Waals surface area contributed by atoms with Crippen molar-refractivity contribution >= 4 is 17.4 Å². The van der Waals surface area contributed by atoms with Crippen LogP contribution in [0.5, 0.6) is 5.75 Å². The zero-order chi connectivity index (χ0) is 20.9. The molecular formula is C23H27FN2O3S. The standard InChI is InChI=1S/C23H27FN2O3S/c1-23(2)13-28-19-10-16(15-5-8-30-12-15)18(24)9-17(19)21(23)25-22(27)29-20-11-26-6-3-14(20)4-7-26/h5,8-10,12,14,20-21H,3-4,6-7,11,13H2,1-2H3,(H,25,27)/t20-,21?/m0/s1. The van der Waals surface area contributed by atoms with Crippen LogP contribution in [0.25, 0.3) is 11.1 Å². The van der Waals surface area contributed by atoms with Gasteiger partial charge in [-0.1, -0.05) is 13.8 Å². The molecule has 7 heteroatoms. The molecule has 2 aromatic rings. The number of carbonyl (C=O) groups is 1. The number of thiophene rings is 1. The van der Waals surface area contributed by atoms with E-state index in [0.717, 1.165) is 38.0 Å². The van der Waals surface area contributed by atoms with Gasteiger partial charge in [-0.25, -0.2) is 9.18 Å². The maximum atomic E-state index is 15.0. The lowest BCUT2D eigenvalue weighted by atomic mass is 9.78. The Kier molecular flexibility index (Phi) is 4.98. The SMILES string of the molecule is CC1(C)COc2cc(-c3ccsc3)c(F)cc2C1NC(=O)O[C@H]1CN2CCC1CC2. The Morgan fingerprint density at radius 2 is 2.13 bits per heavy atom. The van der Waals surface area contributed by atoms with Crippen molar-refractivity contribution in [3.63, 3.8) is 0 Å². The summed E-state index contributed by atoms with van der Waals surface area (Å²) in [5.41, 5.74) is 1.62. The monoisotopic (exact) mass is 430 g/mol. The molecule has 4 aliphatic rings. The zero-order valence-electron chi connectivity index (χ0n) is 17.3. The van der Waals surface area contributed by atoms with Gasteiger partial charge in [0.1, 0.15) is 17.7 Å². The lowest BCUT2D eigenvalue weighted by Gasteiger charge is -2.44. The molecule has 0 radical (unpaired) electrons. The lowest BCUT2D eigenvalue weighted by molar-refractivity contribution is -0.0361. The molecule has 1 aromatic carbocycles. The van der Waals surface area contributed by atoms with Crippen LogP contribution in [0.3, 0.4) is 0 Å². The number of nitrogens with zero attached hydrogens (tertiary/aromatic N) is 1. The molecule has 1 aromatic heterocycles. The minimum absolute atomic E-state index is 0.0624. The summed E-state index contributed by atoms with van der Waals surface area (Å²) in [5, 5.41) is 6.87. The summed E-state index contributed by atoms with van der Waals surface area (Å²) in [6.45, 7) is 7.46. The molecule has 0 saturated carbocycles. The molecule has 6 rings (SSSR count). The highest BCUT2D eigenvalue weighted by atomic mass is 32.1. The van der Waals surface area contributed by atoms with Crippen molar-refractivity contribution in [1.29, 1.82) is 0 Å². The first-order valence-electron chi connectivity index (χ1n) is 10.6. The molecule has 1 amide bonds. The summed E-state index contributed by atoms with van der Waals surface area (Å²) in [6, 6.07) is 4.75. The highest BCUT2D eigenvalue weighted by Gasteiger charge is 2.41. The molecule has 3 saturated heterocycles. The molecule has 3 fully saturated rings. The van der Waals surface area contributed by atoms with Gasteiger partial charge in [-0.3, -0.25) is 4.90 Å². The first kappa shape index (κ1) is 19.8.